The summed E-state index contributed by atoms with van der Waals surface area (Å²) >= 11 is 11.9. The predicted octanol–water partition coefficient (Wildman–Crippen LogP) is 4.33. The summed E-state index contributed by atoms with van der Waals surface area (Å²) in [7, 11) is 1.96. The first-order chi connectivity index (χ1) is 9.69. The topological polar surface area (TPSA) is 21.3 Å². The largest absolute Gasteiger partial charge is 0.487 e. The van der Waals surface area contributed by atoms with Crippen LogP contribution in [0.4, 0.5) is 0 Å². The summed E-state index contributed by atoms with van der Waals surface area (Å²) in [4.78, 5) is 0. The van der Waals surface area contributed by atoms with Crippen molar-refractivity contribution in [1.82, 2.24) is 5.32 Å². The van der Waals surface area contributed by atoms with Crippen LogP contribution in [-0.4, -0.2) is 13.6 Å². The minimum absolute atomic E-state index is 0.494. The molecule has 0 radical (unpaired) electrons. The summed E-state index contributed by atoms with van der Waals surface area (Å²) in [6, 6.07) is 13.6. The van der Waals surface area contributed by atoms with E-state index < -0.39 is 0 Å². The van der Waals surface area contributed by atoms with Gasteiger partial charge in [-0.3, -0.25) is 0 Å². The number of benzene rings is 2. The number of hydrogen-bond donors (Lipinski definition) is 1. The maximum atomic E-state index is 6.06. The van der Waals surface area contributed by atoms with Crippen LogP contribution in [-0.2, 0) is 13.0 Å². The molecule has 2 aromatic carbocycles. The summed E-state index contributed by atoms with van der Waals surface area (Å²) in [5.74, 6) is 0.648. The fourth-order valence-electron chi connectivity index (χ4n) is 1.82. The van der Waals surface area contributed by atoms with Crippen LogP contribution in [0.15, 0.2) is 42.5 Å². The van der Waals surface area contributed by atoms with Gasteiger partial charge in [0, 0.05) is 5.02 Å². The maximum absolute atomic E-state index is 6.06. The summed E-state index contributed by atoms with van der Waals surface area (Å²) < 4.78 is 5.70. The highest BCUT2D eigenvalue weighted by atomic mass is 35.5. The Morgan fingerprint density at radius 2 is 1.70 bits per heavy atom. The second kappa shape index (κ2) is 7.53. The SMILES string of the molecule is CNCCc1ccc(COc2ccc(Cl)cc2Cl)cc1. The van der Waals surface area contributed by atoms with Gasteiger partial charge < -0.3 is 10.1 Å². The zero-order chi connectivity index (χ0) is 14.4. The lowest BCUT2D eigenvalue weighted by Crippen LogP contribution is -2.10. The number of nitrogens with one attached hydrogen (secondary N) is 1. The third kappa shape index (κ3) is 4.41. The van der Waals surface area contributed by atoms with Gasteiger partial charge in [-0.05, 0) is 49.3 Å². The van der Waals surface area contributed by atoms with Gasteiger partial charge >= 0.3 is 0 Å². The Kier molecular flexibility index (Phi) is 5.72. The molecule has 0 atom stereocenters. The van der Waals surface area contributed by atoms with Crippen molar-refractivity contribution in [2.45, 2.75) is 13.0 Å². The first-order valence-electron chi connectivity index (χ1n) is 6.49. The highest BCUT2D eigenvalue weighted by Gasteiger charge is 2.03. The van der Waals surface area contributed by atoms with Crippen LogP contribution in [0, 0.1) is 0 Å². The van der Waals surface area contributed by atoms with E-state index in [-0.39, 0.29) is 0 Å². The molecule has 2 nitrogen and oxygen atoms in total. The second-order valence-electron chi connectivity index (χ2n) is 4.53. The van der Waals surface area contributed by atoms with E-state index in [4.69, 9.17) is 27.9 Å². The van der Waals surface area contributed by atoms with E-state index in [1.807, 2.05) is 7.05 Å². The van der Waals surface area contributed by atoms with Crippen molar-refractivity contribution in [2.75, 3.05) is 13.6 Å². The fraction of sp³-hybridized carbons (Fsp3) is 0.250. The van der Waals surface area contributed by atoms with E-state index >= 15 is 0 Å². The fourth-order valence-corrected chi connectivity index (χ4v) is 2.29. The third-order valence-electron chi connectivity index (χ3n) is 2.97. The van der Waals surface area contributed by atoms with Gasteiger partial charge in [0.05, 0.1) is 5.02 Å². The molecule has 0 aliphatic carbocycles. The number of ether oxygens (including phenoxy) is 1. The molecule has 0 aromatic heterocycles. The second-order valence-corrected chi connectivity index (χ2v) is 5.38. The van der Waals surface area contributed by atoms with Crippen molar-refractivity contribution in [3.63, 3.8) is 0 Å². The molecule has 0 aliphatic rings. The lowest BCUT2D eigenvalue weighted by molar-refractivity contribution is 0.306. The highest BCUT2D eigenvalue weighted by molar-refractivity contribution is 6.35. The zero-order valence-corrected chi connectivity index (χ0v) is 12.8. The van der Waals surface area contributed by atoms with Gasteiger partial charge in [-0.2, -0.15) is 0 Å². The molecule has 2 aromatic rings. The van der Waals surface area contributed by atoms with Crippen molar-refractivity contribution in [3.8, 4) is 5.75 Å². The lowest BCUT2D eigenvalue weighted by Gasteiger charge is -2.09. The molecule has 0 bridgehead atoms. The quantitative estimate of drug-likeness (QED) is 0.857. The van der Waals surface area contributed by atoms with Gasteiger partial charge in [0.2, 0.25) is 0 Å². The van der Waals surface area contributed by atoms with Gasteiger partial charge in [0.1, 0.15) is 12.4 Å². The molecule has 0 unspecified atom stereocenters. The van der Waals surface area contributed by atoms with Gasteiger partial charge in [-0.25, -0.2) is 0 Å². The van der Waals surface area contributed by atoms with Gasteiger partial charge in [-0.15, -0.1) is 0 Å². The summed E-state index contributed by atoms with van der Waals surface area (Å²) in [6.45, 7) is 1.48. The number of halogens is 2. The van der Waals surface area contributed by atoms with Crippen molar-refractivity contribution >= 4 is 23.2 Å². The first-order valence-corrected chi connectivity index (χ1v) is 7.25. The maximum Gasteiger partial charge on any atom is 0.138 e. The average Bonchev–Trinajstić information content (AvgIpc) is 2.45. The van der Waals surface area contributed by atoms with Crippen LogP contribution >= 0.6 is 23.2 Å². The first kappa shape index (κ1) is 15.2. The smallest absolute Gasteiger partial charge is 0.138 e. The highest BCUT2D eigenvalue weighted by Crippen LogP contribution is 2.28. The van der Waals surface area contributed by atoms with Crippen molar-refractivity contribution in [1.29, 1.82) is 0 Å². The number of likely N-dealkylation sites (N-methyl/N-ethyl adjacent to an activating group) is 1. The van der Waals surface area contributed by atoms with Crippen LogP contribution in [0.1, 0.15) is 11.1 Å². The Balaban J connectivity index is 1.93. The van der Waals surface area contributed by atoms with E-state index in [1.54, 1.807) is 18.2 Å². The summed E-state index contributed by atoms with van der Waals surface area (Å²) in [5, 5.41) is 4.28. The van der Waals surface area contributed by atoms with Crippen LogP contribution in [0.5, 0.6) is 5.75 Å². The van der Waals surface area contributed by atoms with Gasteiger partial charge in [0.25, 0.3) is 0 Å². The normalized spacial score (nSPS) is 10.6. The molecular weight excluding hydrogens is 293 g/mol. The van der Waals surface area contributed by atoms with E-state index in [1.165, 1.54) is 5.56 Å². The molecule has 0 amide bonds. The molecular formula is C16H17Cl2NO. The van der Waals surface area contributed by atoms with E-state index in [9.17, 15) is 0 Å². The summed E-state index contributed by atoms with van der Waals surface area (Å²) in [5.41, 5.74) is 2.43. The third-order valence-corrected chi connectivity index (χ3v) is 3.51. The molecule has 0 spiro atoms. The van der Waals surface area contributed by atoms with Gasteiger partial charge in [0.15, 0.2) is 0 Å². The van der Waals surface area contributed by atoms with Crippen LogP contribution in [0.25, 0.3) is 0 Å². The average molecular weight is 310 g/mol. The Hall–Kier alpha value is -1.22. The van der Waals surface area contributed by atoms with Crippen molar-refractivity contribution in [3.05, 3.63) is 63.6 Å². The predicted molar refractivity (Wildman–Crippen MR) is 84.9 cm³/mol. The van der Waals surface area contributed by atoms with Crippen LogP contribution < -0.4 is 10.1 Å². The number of rotatable bonds is 6. The van der Waals surface area contributed by atoms with Crippen molar-refractivity contribution < 1.29 is 4.74 Å². The molecule has 0 aliphatic heterocycles. The van der Waals surface area contributed by atoms with Gasteiger partial charge in [-0.1, -0.05) is 47.5 Å². The molecule has 0 saturated carbocycles. The van der Waals surface area contributed by atoms with Crippen LogP contribution in [0.2, 0.25) is 10.0 Å². The van der Waals surface area contributed by atoms with E-state index in [0.717, 1.165) is 18.5 Å². The molecule has 0 saturated heterocycles. The minimum Gasteiger partial charge on any atom is -0.487 e. The van der Waals surface area contributed by atoms with E-state index in [2.05, 4.69) is 29.6 Å². The summed E-state index contributed by atoms with van der Waals surface area (Å²) in [6.07, 6.45) is 1.03. The Morgan fingerprint density at radius 3 is 2.35 bits per heavy atom. The number of hydrogen-bond acceptors (Lipinski definition) is 2. The molecule has 1 N–H and O–H groups in total. The molecule has 106 valence electrons. The Bertz CT molecular complexity index is 555. The Morgan fingerprint density at radius 1 is 1.00 bits per heavy atom. The molecule has 4 heteroatoms. The zero-order valence-electron chi connectivity index (χ0n) is 11.3. The van der Waals surface area contributed by atoms with E-state index in [0.29, 0.717) is 22.4 Å². The van der Waals surface area contributed by atoms with Crippen LogP contribution in [0.3, 0.4) is 0 Å². The lowest BCUT2D eigenvalue weighted by atomic mass is 10.1. The minimum atomic E-state index is 0.494. The molecule has 0 fully saturated rings. The monoisotopic (exact) mass is 309 g/mol. The van der Waals surface area contributed by atoms with Crippen molar-refractivity contribution in [2.24, 2.45) is 0 Å². The molecule has 0 heterocycles. The standard InChI is InChI=1S/C16H17Cl2NO/c1-19-9-8-12-2-4-13(5-3-12)11-20-16-7-6-14(17)10-15(16)18/h2-7,10,19H,8-9,11H2,1H3. The molecule has 20 heavy (non-hydrogen) atoms. The molecule has 2 rings (SSSR count). The Labute approximate surface area is 129 Å².